The van der Waals surface area contributed by atoms with Crippen LogP contribution >= 0.6 is 0 Å². The molecule has 5 heteroatoms. The van der Waals surface area contributed by atoms with Gasteiger partial charge in [-0.3, -0.25) is 0 Å². The zero-order chi connectivity index (χ0) is 8.97. The molecule has 12 heavy (non-hydrogen) atoms. The normalized spacial score (nSPS) is 9.42. The minimum Gasteiger partial charge on any atom is -0.383 e. The lowest BCUT2D eigenvalue weighted by molar-refractivity contribution is 1.11. The molecule has 0 aliphatic rings. The molecule has 0 unspecified atom stereocenters. The first kappa shape index (κ1) is 8.45. The highest BCUT2D eigenvalue weighted by atomic mass is 15.0. The van der Waals surface area contributed by atoms with Crippen LogP contribution in [0, 0.1) is 5.41 Å². The fourth-order valence-electron chi connectivity index (χ4n) is 0.860. The van der Waals surface area contributed by atoms with Crippen molar-refractivity contribution in [1.29, 1.82) is 5.41 Å². The molecule has 0 saturated carbocycles. The molecule has 0 aliphatic heterocycles. The Kier molecular flexibility index (Phi) is 2.57. The van der Waals surface area contributed by atoms with Crippen molar-refractivity contribution in [3.05, 3.63) is 11.9 Å². The number of nitrogens with zero attached hydrogens (tertiary/aromatic N) is 2. The summed E-state index contributed by atoms with van der Waals surface area (Å²) in [6, 6.07) is 0. The van der Waals surface area contributed by atoms with Crippen LogP contribution in [0.1, 0.15) is 12.5 Å². The summed E-state index contributed by atoms with van der Waals surface area (Å²) in [7, 11) is 0. The smallest absolute Gasteiger partial charge is 0.140 e. The van der Waals surface area contributed by atoms with Crippen molar-refractivity contribution in [3.8, 4) is 0 Å². The van der Waals surface area contributed by atoms with Crippen LogP contribution in [0.5, 0.6) is 0 Å². The number of nitrogens with one attached hydrogen (secondary N) is 2. The van der Waals surface area contributed by atoms with Crippen molar-refractivity contribution in [3.63, 3.8) is 0 Å². The lowest BCUT2D eigenvalue weighted by Gasteiger charge is -2.05. The van der Waals surface area contributed by atoms with E-state index < -0.39 is 0 Å². The molecule has 0 atom stereocenters. The average molecular weight is 165 g/mol. The standard InChI is InChI=1S/C7H11N5/c1-2-10-7-5(3-8)6(9)11-4-12-7/h3-4,8H,2H2,1H3,(H3,9,10,11,12). The first-order valence-electron chi connectivity index (χ1n) is 3.64. The molecule has 0 aromatic carbocycles. The van der Waals surface area contributed by atoms with Crippen LogP contribution in [0.3, 0.4) is 0 Å². The predicted octanol–water partition coefficient (Wildman–Crippen LogP) is 0.488. The lowest BCUT2D eigenvalue weighted by atomic mass is 10.3. The van der Waals surface area contributed by atoms with Crippen molar-refractivity contribution in [2.24, 2.45) is 0 Å². The summed E-state index contributed by atoms with van der Waals surface area (Å²) in [4.78, 5) is 7.71. The fraction of sp³-hybridized carbons (Fsp3) is 0.286. The highest BCUT2D eigenvalue weighted by Crippen LogP contribution is 2.13. The van der Waals surface area contributed by atoms with Crippen LogP contribution < -0.4 is 11.1 Å². The number of nitrogens with two attached hydrogens (primary N) is 1. The highest BCUT2D eigenvalue weighted by Gasteiger charge is 2.03. The molecule has 0 saturated heterocycles. The van der Waals surface area contributed by atoms with E-state index >= 15 is 0 Å². The Labute approximate surface area is 70.5 Å². The van der Waals surface area contributed by atoms with Gasteiger partial charge >= 0.3 is 0 Å². The molecule has 4 N–H and O–H groups in total. The highest BCUT2D eigenvalue weighted by molar-refractivity contribution is 5.89. The molecule has 64 valence electrons. The molecule has 1 rings (SSSR count). The maximum absolute atomic E-state index is 7.08. The summed E-state index contributed by atoms with van der Waals surface area (Å²) in [5.74, 6) is 0.941. The number of aromatic nitrogens is 2. The summed E-state index contributed by atoms with van der Waals surface area (Å²) in [6.07, 6.45) is 2.52. The van der Waals surface area contributed by atoms with E-state index in [1.807, 2.05) is 6.92 Å². The second-order valence-corrected chi connectivity index (χ2v) is 2.20. The zero-order valence-corrected chi connectivity index (χ0v) is 6.83. The predicted molar refractivity (Wildman–Crippen MR) is 48.5 cm³/mol. The number of hydrogen-bond acceptors (Lipinski definition) is 5. The molecular weight excluding hydrogens is 154 g/mol. The Morgan fingerprint density at radius 2 is 2.42 bits per heavy atom. The van der Waals surface area contributed by atoms with E-state index in [0.29, 0.717) is 17.2 Å². The molecule has 5 nitrogen and oxygen atoms in total. The number of rotatable bonds is 3. The van der Waals surface area contributed by atoms with Gasteiger partial charge in [0.25, 0.3) is 0 Å². The van der Waals surface area contributed by atoms with Gasteiger partial charge in [-0.15, -0.1) is 0 Å². The molecule has 0 radical (unpaired) electrons. The Hall–Kier alpha value is -1.65. The van der Waals surface area contributed by atoms with Crippen LogP contribution in [0.25, 0.3) is 0 Å². The van der Waals surface area contributed by atoms with Gasteiger partial charge in [-0.05, 0) is 6.92 Å². The van der Waals surface area contributed by atoms with Gasteiger partial charge in [0, 0.05) is 12.8 Å². The maximum atomic E-state index is 7.08. The quantitative estimate of drug-likeness (QED) is 0.569. The molecule has 0 aliphatic carbocycles. The Morgan fingerprint density at radius 1 is 1.67 bits per heavy atom. The molecule has 1 aromatic rings. The van der Waals surface area contributed by atoms with Crippen LogP contribution in [-0.4, -0.2) is 22.7 Å². The third-order valence-corrected chi connectivity index (χ3v) is 1.40. The van der Waals surface area contributed by atoms with Crippen molar-refractivity contribution >= 4 is 17.9 Å². The molecule has 0 amide bonds. The van der Waals surface area contributed by atoms with Crippen LogP contribution in [0.2, 0.25) is 0 Å². The van der Waals surface area contributed by atoms with E-state index in [-0.39, 0.29) is 0 Å². The third-order valence-electron chi connectivity index (χ3n) is 1.40. The second kappa shape index (κ2) is 3.66. The molecule has 0 fully saturated rings. The number of anilines is 2. The summed E-state index contributed by atoms with van der Waals surface area (Å²) < 4.78 is 0. The number of nitrogen functional groups attached to an aromatic ring is 1. The van der Waals surface area contributed by atoms with Crippen LogP contribution in [-0.2, 0) is 0 Å². The summed E-state index contributed by atoms with van der Waals surface area (Å²) in [5, 5.41) is 10.1. The molecule has 0 spiro atoms. The van der Waals surface area contributed by atoms with Gasteiger partial charge in [-0.1, -0.05) is 0 Å². The van der Waals surface area contributed by atoms with Crippen molar-refractivity contribution in [2.75, 3.05) is 17.6 Å². The Bertz CT molecular complexity index is 283. The van der Waals surface area contributed by atoms with Gasteiger partial charge in [0.05, 0.1) is 5.56 Å². The maximum Gasteiger partial charge on any atom is 0.140 e. The number of hydrogen-bond donors (Lipinski definition) is 3. The average Bonchev–Trinajstić information content (AvgIpc) is 2.05. The Balaban J connectivity index is 3.09. The van der Waals surface area contributed by atoms with Gasteiger partial charge < -0.3 is 16.5 Å². The topological polar surface area (TPSA) is 87.7 Å². The summed E-state index contributed by atoms with van der Waals surface area (Å²) in [5.41, 5.74) is 6.06. The van der Waals surface area contributed by atoms with E-state index in [2.05, 4.69) is 15.3 Å². The third kappa shape index (κ3) is 1.50. The van der Waals surface area contributed by atoms with Gasteiger partial charge in [0.2, 0.25) is 0 Å². The lowest BCUT2D eigenvalue weighted by Crippen LogP contribution is -2.06. The molecular formula is C7H11N5. The van der Waals surface area contributed by atoms with E-state index in [1.54, 1.807) is 0 Å². The van der Waals surface area contributed by atoms with E-state index in [4.69, 9.17) is 11.1 Å². The van der Waals surface area contributed by atoms with Crippen molar-refractivity contribution in [2.45, 2.75) is 6.92 Å². The SMILES string of the molecule is CCNc1ncnc(N)c1C=N. The van der Waals surface area contributed by atoms with Crippen LogP contribution in [0.4, 0.5) is 11.6 Å². The van der Waals surface area contributed by atoms with Gasteiger partial charge in [0.15, 0.2) is 0 Å². The van der Waals surface area contributed by atoms with E-state index in [0.717, 1.165) is 12.8 Å². The molecule has 0 bridgehead atoms. The van der Waals surface area contributed by atoms with Gasteiger partial charge in [0.1, 0.15) is 18.0 Å². The Morgan fingerprint density at radius 3 is 3.00 bits per heavy atom. The largest absolute Gasteiger partial charge is 0.383 e. The summed E-state index contributed by atoms with van der Waals surface area (Å²) >= 11 is 0. The van der Waals surface area contributed by atoms with Crippen LogP contribution in [0.15, 0.2) is 6.33 Å². The van der Waals surface area contributed by atoms with E-state index in [9.17, 15) is 0 Å². The minimum atomic E-state index is 0.330. The van der Waals surface area contributed by atoms with Crippen molar-refractivity contribution in [1.82, 2.24) is 9.97 Å². The molecule has 1 heterocycles. The van der Waals surface area contributed by atoms with Gasteiger partial charge in [-0.2, -0.15) is 0 Å². The first-order chi connectivity index (χ1) is 5.79. The van der Waals surface area contributed by atoms with Crippen molar-refractivity contribution < 1.29 is 0 Å². The summed E-state index contributed by atoms with van der Waals surface area (Å²) in [6.45, 7) is 2.70. The monoisotopic (exact) mass is 165 g/mol. The fourth-order valence-corrected chi connectivity index (χ4v) is 0.860. The first-order valence-corrected chi connectivity index (χ1v) is 3.64. The zero-order valence-electron chi connectivity index (χ0n) is 6.83. The second-order valence-electron chi connectivity index (χ2n) is 2.20. The minimum absolute atomic E-state index is 0.330. The van der Waals surface area contributed by atoms with E-state index in [1.165, 1.54) is 6.33 Å². The molecule has 1 aromatic heterocycles. The van der Waals surface area contributed by atoms with Gasteiger partial charge in [-0.25, -0.2) is 9.97 Å².